The Kier molecular flexibility index (Phi) is 3.81. The van der Waals surface area contributed by atoms with E-state index >= 15 is 0 Å². The number of aryl methyl sites for hydroxylation is 2. The molecular weight excluding hydrogens is 330 g/mol. The standard InChI is InChI=1S/C13H14ClN3O2S2/c14-8-5-6-12(9(15)7-8)21(18,19)17-13-16-10-3-1-2-4-11(10)20-13/h5-7H,1-4,15H2,(H,16,17). The molecule has 1 aliphatic rings. The van der Waals surface area contributed by atoms with E-state index in [1.54, 1.807) is 0 Å². The van der Waals surface area contributed by atoms with E-state index in [1.165, 1.54) is 34.4 Å². The monoisotopic (exact) mass is 343 g/mol. The highest BCUT2D eigenvalue weighted by Crippen LogP contribution is 2.31. The van der Waals surface area contributed by atoms with Crippen molar-refractivity contribution in [3.05, 3.63) is 33.8 Å². The summed E-state index contributed by atoms with van der Waals surface area (Å²) in [5, 5.41) is 0.799. The van der Waals surface area contributed by atoms with E-state index in [4.69, 9.17) is 17.3 Å². The molecule has 0 saturated carbocycles. The fraction of sp³-hybridized carbons (Fsp3) is 0.308. The molecule has 0 saturated heterocycles. The number of nitrogen functional groups attached to an aromatic ring is 1. The van der Waals surface area contributed by atoms with Crippen molar-refractivity contribution in [3.63, 3.8) is 0 Å². The molecule has 2 aromatic rings. The molecule has 8 heteroatoms. The molecule has 0 aliphatic heterocycles. The lowest BCUT2D eigenvalue weighted by molar-refractivity contribution is 0.601. The van der Waals surface area contributed by atoms with Gasteiger partial charge in [-0.1, -0.05) is 11.6 Å². The molecule has 3 rings (SSSR count). The first-order valence-corrected chi connectivity index (χ1v) is 9.20. The zero-order valence-corrected chi connectivity index (χ0v) is 13.5. The van der Waals surface area contributed by atoms with E-state index in [9.17, 15) is 8.42 Å². The van der Waals surface area contributed by atoms with Gasteiger partial charge in [0.25, 0.3) is 10.0 Å². The van der Waals surface area contributed by atoms with Gasteiger partial charge in [-0.05, 0) is 43.9 Å². The van der Waals surface area contributed by atoms with Gasteiger partial charge < -0.3 is 5.73 Å². The molecule has 112 valence electrons. The van der Waals surface area contributed by atoms with Gasteiger partial charge in [0.15, 0.2) is 5.13 Å². The number of rotatable bonds is 3. The van der Waals surface area contributed by atoms with Gasteiger partial charge in [0, 0.05) is 9.90 Å². The topological polar surface area (TPSA) is 85.1 Å². The molecular formula is C13H14ClN3O2S2. The van der Waals surface area contributed by atoms with E-state index in [2.05, 4.69) is 9.71 Å². The molecule has 21 heavy (non-hydrogen) atoms. The van der Waals surface area contributed by atoms with E-state index in [1.807, 2.05) is 0 Å². The molecule has 1 aromatic carbocycles. The molecule has 0 fully saturated rings. The first-order chi connectivity index (χ1) is 9.95. The van der Waals surface area contributed by atoms with Crippen molar-refractivity contribution in [3.8, 4) is 0 Å². The summed E-state index contributed by atoms with van der Waals surface area (Å²) in [4.78, 5) is 5.55. The molecule has 1 aliphatic carbocycles. The van der Waals surface area contributed by atoms with Crippen LogP contribution in [0.2, 0.25) is 5.02 Å². The van der Waals surface area contributed by atoms with Crippen LogP contribution >= 0.6 is 22.9 Å². The van der Waals surface area contributed by atoms with Crippen LogP contribution in [0, 0.1) is 0 Å². The highest BCUT2D eigenvalue weighted by atomic mass is 35.5. The Morgan fingerprint density at radius 1 is 1.29 bits per heavy atom. The van der Waals surface area contributed by atoms with Crippen LogP contribution in [0.25, 0.3) is 0 Å². The molecule has 0 spiro atoms. The van der Waals surface area contributed by atoms with Gasteiger partial charge in [0.05, 0.1) is 11.4 Å². The van der Waals surface area contributed by atoms with Crippen LogP contribution in [-0.4, -0.2) is 13.4 Å². The number of nitrogens with zero attached hydrogens (tertiary/aromatic N) is 1. The minimum absolute atomic E-state index is 0.0140. The molecule has 0 atom stereocenters. The van der Waals surface area contributed by atoms with Gasteiger partial charge in [0.2, 0.25) is 0 Å². The van der Waals surface area contributed by atoms with E-state index in [0.717, 1.165) is 31.4 Å². The van der Waals surface area contributed by atoms with Gasteiger partial charge in [-0.3, -0.25) is 4.72 Å². The summed E-state index contributed by atoms with van der Waals surface area (Å²) >= 11 is 7.19. The predicted molar refractivity (Wildman–Crippen MR) is 85.4 cm³/mol. The average Bonchev–Trinajstić information content (AvgIpc) is 2.79. The van der Waals surface area contributed by atoms with Crippen LogP contribution in [0.15, 0.2) is 23.1 Å². The molecule has 0 bridgehead atoms. The molecule has 1 aromatic heterocycles. The quantitative estimate of drug-likeness (QED) is 0.839. The minimum Gasteiger partial charge on any atom is -0.398 e. The van der Waals surface area contributed by atoms with E-state index < -0.39 is 10.0 Å². The second-order valence-corrected chi connectivity index (χ2v) is 8.05. The second-order valence-electron chi connectivity index (χ2n) is 4.88. The maximum atomic E-state index is 12.4. The number of nitrogens with one attached hydrogen (secondary N) is 1. The first-order valence-electron chi connectivity index (χ1n) is 6.52. The smallest absolute Gasteiger partial charge is 0.265 e. The fourth-order valence-corrected chi connectivity index (χ4v) is 4.91. The maximum absolute atomic E-state index is 12.4. The predicted octanol–water partition coefficient (Wildman–Crippen LogP) is 3.06. The Labute approximate surface area is 132 Å². The summed E-state index contributed by atoms with van der Waals surface area (Å²) in [5.41, 5.74) is 6.87. The zero-order valence-electron chi connectivity index (χ0n) is 11.1. The van der Waals surface area contributed by atoms with Crippen LogP contribution < -0.4 is 10.5 Å². The summed E-state index contributed by atoms with van der Waals surface area (Å²) in [6, 6.07) is 4.32. The number of benzene rings is 1. The normalized spacial score (nSPS) is 14.7. The lowest BCUT2D eigenvalue weighted by atomic mass is 10.0. The maximum Gasteiger partial charge on any atom is 0.265 e. The molecule has 5 nitrogen and oxygen atoms in total. The van der Waals surface area contributed by atoms with Crippen LogP contribution in [0.3, 0.4) is 0 Å². The Morgan fingerprint density at radius 3 is 2.76 bits per heavy atom. The third-order valence-electron chi connectivity index (χ3n) is 3.33. The Bertz CT molecular complexity index is 763. The van der Waals surface area contributed by atoms with Gasteiger partial charge >= 0.3 is 0 Å². The van der Waals surface area contributed by atoms with Crippen molar-refractivity contribution in [1.82, 2.24) is 4.98 Å². The largest absolute Gasteiger partial charge is 0.398 e. The third-order valence-corrected chi connectivity index (χ3v) is 6.18. The summed E-state index contributed by atoms with van der Waals surface area (Å²) in [6.07, 6.45) is 4.12. The number of sulfonamides is 1. The van der Waals surface area contributed by atoms with E-state index in [0.29, 0.717) is 10.2 Å². The number of hydrogen-bond donors (Lipinski definition) is 2. The highest BCUT2D eigenvalue weighted by Gasteiger charge is 2.22. The van der Waals surface area contributed by atoms with Crippen LogP contribution in [0.4, 0.5) is 10.8 Å². The number of aromatic nitrogens is 1. The number of thiazole rings is 1. The van der Waals surface area contributed by atoms with Gasteiger partial charge in [-0.25, -0.2) is 13.4 Å². The van der Waals surface area contributed by atoms with Gasteiger partial charge in [-0.2, -0.15) is 0 Å². The third kappa shape index (κ3) is 3.00. The van der Waals surface area contributed by atoms with Crippen LogP contribution in [0.1, 0.15) is 23.4 Å². The minimum atomic E-state index is -3.75. The molecule has 1 heterocycles. The molecule has 0 amide bonds. The Hall–Kier alpha value is -1.31. The lowest BCUT2D eigenvalue weighted by Gasteiger charge is -2.08. The van der Waals surface area contributed by atoms with Crippen molar-refractivity contribution in [2.75, 3.05) is 10.5 Å². The summed E-state index contributed by atoms with van der Waals surface area (Å²) < 4.78 is 27.3. The fourth-order valence-electron chi connectivity index (χ4n) is 2.33. The van der Waals surface area contributed by atoms with Crippen LogP contribution in [-0.2, 0) is 22.9 Å². The summed E-state index contributed by atoms with van der Waals surface area (Å²) in [5.74, 6) is 0. The van der Waals surface area contributed by atoms with Crippen molar-refractivity contribution in [2.24, 2.45) is 0 Å². The summed E-state index contributed by atoms with van der Waals surface area (Å²) in [7, 11) is -3.75. The molecule has 0 unspecified atom stereocenters. The number of fused-ring (bicyclic) bond motifs is 1. The van der Waals surface area contributed by atoms with Crippen LogP contribution in [0.5, 0.6) is 0 Å². The van der Waals surface area contributed by atoms with E-state index in [-0.39, 0.29) is 10.6 Å². The summed E-state index contributed by atoms with van der Waals surface area (Å²) in [6.45, 7) is 0. The lowest BCUT2D eigenvalue weighted by Crippen LogP contribution is -2.14. The Morgan fingerprint density at radius 2 is 2.05 bits per heavy atom. The second kappa shape index (κ2) is 5.47. The number of halogens is 1. The SMILES string of the molecule is Nc1cc(Cl)ccc1S(=O)(=O)Nc1nc2c(s1)CCCC2. The first kappa shape index (κ1) is 14.6. The molecule has 0 radical (unpaired) electrons. The molecule has 3 N–H and O–H groups in total. The van der Waals surface area contributed by atoms with Crippen molar-refractivity contribution >= 4 is 43.8 Å². The van der Waals surface area contributed by atoms with Crippen molar-refractivity contribution in [1.29, 1.82) is 0 Å². The van der Waals surface area contributed by atoms with Gasteiger partial charge in [0.1, 0.15) is 4.90 Å². The number of nitrogens with two attached hydrogens (primary N) is 1. The van der Waals surface area contributed by atoms with Crippen molar-refractivity contribution in [2.45, 2.75) is 30.6 Å². The number of anilines is 2. The highest BCUT2D eigenvalue weighted by molar-refractivity contribution is 7.93. The van der Waals surface area contributed by atoms with Crippen molar-refractivity contribution < 1.29 is 8.42 Å². The zero-order chi connectivity index (χ0) is 15.0. The van der Waals surface area contributed by atoms with Gasteiger partial charge in [-0.15, -0.1) is 11.3 Å². The Balaban J connectivity index is 1.90. The number of hydrogen-bond acceptors (Lipinski definition) is 5. The average molecular weight is 344 g/mol.